The lowest BCUT2D eigenvalue weighted by atomic mass is 10.0. The molecule has 0 heterocycles. The van der Waals surface area contributed by atoms with Gasteiger partial charge in [-0.05, 0) is 30.9 Å². The number of hydrogen-bond acceptors (Lipinski definition) is 1. The third kappa shape index (κ3) is 1.52. The summed E-state index contributed by atoms with van der Waals surface area (Å²) in [4.78, 5) is 0. The molecule has 0 aromatic heterocycles. The number of allylic oxidation sites excluding steroid dienone is 2. The van der Waals surface area contributed by atoms with Crippen LogP contribution in [0.4, 0.5) is 4.39 Å². The Kier molecular flexibility index (Phi) is 2.53. The van der Waals surface area contributed by atoms with E-state index in [0.29, 0.717) is 11.3 Å². The van der Waals surface area contributed by atoms with Crippen LogP contribution in [0.1, 0.15) is 24.8 Å². The highest BCUT2D eigenvalue weighted by atomic mass is 19.1. The molecule has 0 saturated carbocycles. The first kappa shape index (κ1) is 9.25. The van der Waals surface area contributed by atoms with Crippen molar-refractivity contribution in [3.05, 3.63) is 35.7 Å². The van der Waals surface area contributed by atoms with E-state index in [1.807, 2.05) is 12.1 Å². The molecule has 1 aromatic rings. The van der Waals surface area contributed by atoms with Gasteiger partial charge in [-0.25, -0.2) is 4.39 Å². The summed E-state index contributed by atoms with van der Waals surface area (Å²) in [6.07, 6.45) is 5.28. The van der Waals surface area contributed by atoms with Crippen molar-refractivity contribution in [2.24, 2.45) is 0 Å². The molecule has 0 radical (unpaired) electrons. The molecule has 0 aliphatic heterocycles. The van der Waals surface area contributed by atoms with Crippen LogP contribution in [0.15, 0.2) is 24.3 Å². The van der Waals surface area contributed by atoms with Crippen LogP contribution in [-0.2, 0) is 0 Å². The molecule has 0 fully saturated rings. The fourth-order valence-electron chi connectivity index (χ4n) is 1.83. The second-order valence-corrected chi connectivity index (χ2v) is 3.44. The zero-order valence-electron chi connectivity index (χ0n) is 8.22. The fourth-order valence-corrected chi connectivity index (χ4v) is 1.83. The standard InChI is InChI=1S/C12H13FO/c1-14-11-8-4-7-10(12(11)13)9-5-2-3-6-9/h4-5,7-8H,2-3,6H2,1H3. The van der Waals surface area contributed by atoms with Crippen molar-refractivity contribution in [3.63, 3.8) is 0 Å². The molecule has 2 rings (SSSR count). The summed E-state index contributed by atoms with van der Waals surface area (Å²) in [5, 5.41) is 0. The molecule has 1 aliphatic carbocycles. The topological polar surface area (TPSA) is 9.23 Å². The van der Waals surface area contributed by atoms with Gasteiger partial charge < -0.3 is 4.74 Å². The van der Waals surface area contributed by atoms with Crippen LogP contribution in [0.5, 0.6) is 5.75 Å². The van der Waals surface area contributed by atoms with Gasteiger partial charge in [-0.15, -0.1) is 0 Å². The van der Waals surface area contributed by atoms with Gasteiger partial charge in [0.15, 0.2) is 11.6 Å². The average Bonchev–Trinajstić information content (AvgIpc) is 2.71. The highest BCUT2D eigenvalue weighted by Gasteiger charge is 2.14. The maximum absolute atomic E-state index is 13.8. The maximum atomic E-state index is 13.8. The monoisotopic (exact) mass is 192 g/mol. The molecule has 1 aliphatic rings. The smallest absolute Gasteiger partial charge is 0.172 e. The molecule has 14 heavy (non-hydrogen) atoms. The van der Waals surface area contributed by atoms with Crippen LogP contribution in [0.3, 0.4) is 0 Å². The van der Waals surface area contributed by atoms with E-state index in [9.17, 15) is 4.39 Å². The van der Waals surface area contributed by atoms with E-state index in [1.54, 1.807) is 6.07 Å². The Hall–Kier alpha value is -1.31. The third-order valence-electron chi connectivity index (χ3n) is 2.57. The minimum absolute atomic E-state index is 0.233. The lowest BCUT2D eigenvalue weighted by Crippen LogP contribution is -1.93. The molecular weight excluding hydrogens is 179 g/mol. The van der Waals surface area contributed by atoms with Gasteiger partial charge in [0.2, 0.25) is 0 Å². The lowest BCUT2D eigenvalue weighted by molar-refractivity contribution is 0.386. The number of methoxy groups -OCH3 is 1. The number of benzene rings is 1. The van der Waals surface area contributed by atoms with Crippen LogP contribution in [-0.4, -0.2) is 7.11 Å². The summed E-state index contributed by atoms with van der Waals surface area (Å²) < 4.78 is 18.7. The first-order valence-electron chi connectivity index (χ1n) is 4.85. The van der Waals surface area contributed by atoms with Crippen LogP contribution in [0.25, 0.3) is 5.57 Å². The highest BCUT2D eigenvalue weighted by molar-refractivity contribution is 5.68. The van der Waals surface area contributed by atoms with E-state index in [-0.39, 0.29) is 5.82 Å². The molecular formula is C12H13FO. The molecule has 0 saturated heterocycles. The summed E-state index contributed by atoms with van der Waals surface area (Å²) in [7, 11) is 1.49. The van der Waals surface area contributed by atoms with Crippen LogP contribution >= 0.6 is 0 Å². The zero-order chi connectivity index (χ0) is 9.97. The first-order chi connectivity index (χ1) is 6.83. The summed E-state index contributed by atoms with van der Waals surface area (Å²) >= 11 is 0. The maximum Gasteiger partial charge on any atom is 0.172 e. The minimum Gasteiger partial charge on any atom is -0.494 e. The lowest BCUT2D eigenvalue weighted by Gasteiger charge is -2.07. The number of ether oxygens (including phenoxy) is 1. The van der Waals surface area contributed by atoms with E-state index < -0.39 is 0 Å². The Bertz CT molecular complexity index is 369. The SMILES string of the molecule is COc1cccc(C2=CCCC2)c1F. The Labute approximate surface area is 83.2 Å². The van der Waals surface area contributed by atoms with Gasteiger partial charge in [-0.2, -0.15) is 0 Å². The normalized spacial score (nSPS) is 15.4. The van der Waals surface area contributed by atoms with E-state index in [1.165, 1.54) is 7.11 Å². The Morgan fingerprint density at radius 1 is 1.36 bits per heavy atom. The molecule has 1 nitrogen and oxygen atoms in total. The van der Waals surface area contributed by atoms with Gasteiger partial charge in [-0.1, -0.05) is 18.2 Å². The quantitative estimate of drug-likeness (QED) is 0.697. The molecule has 0 bridgehead atoms. The van der Waals surface area contributed by atoms with E-state index in [0.717, 1.165) is 24.8 Å². The zero-order valence-corrected chi connectivity index (χ0v) is 8.22. The van der Waals surface area contributed by atoms with Gasteiger partial charge in [0.25, 0.3) is 0 Å². The van der Waals surface area contributed by atoms with Crippen molar-refractivity contribution in [2.75, 3.05) is 7.11 Å². The minimum atomic E-state index is -0.233. The largest absolute Gasteiger partial charge is 0.494 e. The fraction of sp³-hybridized carbons (Fsp3) is 0.333. The number of rotatable bonds is 2. The van der Waals surface area contributed by atoms with Gasteiger partial charge in [0, 0.05) is 5.56 Å². The summed E-state index contributed by atoms with van der Waals surface area (Å²) in [6, 6.07) is 5.29. The second kappa shape index (κ2) is 3.82. The van der Waals surface area contributed by atoms with Crippen LogP contribution in [0.2, 0.25) is 0 Å². The predicted molar refractivity (Wildman–Crippen MR) is 54.8 cm³/mol. The van der Waals surface area contributed by atoms with Crippen LogP contribution in [0, 0.1) is 5.82 Å². The molecule has 0 amide bonds. The molecule has 0 atom stereocenters. The highest BCUT2D eigenvalue weighted by Crippen LogP contribution is 2.32. The van der Waals surface area contributed by atoms with Crippen molar-refractivity contribution >= 4 is 5.57 Å². The summed E-state index contributed by atoms with van der Waals surface area (Å²) in [6.45, 7) is 0. The van der Waals surface area contributed by atoms with E-state index in [2.05, 4.69) is 6.08 Å². The first-order valence-corrected chi connectivity index (χ1v) is 4.85. The van der Waals surface area contributed by atoms with Gasteiger partial charge in [0.1, 0.15) is 0 Å². The van der Waals surface area contributed by atoms with E-state index >= 15 is 0 Å². The Morgan fingerprint density at radius 2 is 2.21 bits per heavy atom. The van der Waals surface area contributed by atoms with Crippen molar-refractivity contribution in [1.29, 1.82) is 0 Å². The third-order valence-corrected chi connectivity index (χ3v) is 2.57. The molecule has 0 unspecified atom stereocenters. The van der Waals surface area contributed by atoms with Crippen molar-refractivity contribution in [3.8, 4) is 5.75 Å². The number of hydrogen-bond donors (Lipinski definition) is 0. The van der Waals surface area contributed by atoms with Gasteiger partial charge >= 0.3 is 0 Å². The summed E-state index contributed by atoms with van der Waals surface area (Å²) in [5.74, 6) is 0.0958. The number of halogens is 1. The van der Waals surface area contributed by atoms with E-state index in [4.69, 9.17) is 4.74 Å². The average molecular weight is 192 g/mol. The Morgan fingerprint density at radius 3 is 2.86 bits per heavy atom. The molecule has 1 aromatic carbocycles. The van der Waals surface area contributed by atoms with Crippen molar-refractivity contribution < 1.29 is 9.13 Å². The molecule has 2 heteroatoms. The van der Waals surface area contributed by atoms with Gasteiger partial charge in [0.05, 0.1) is 7.11 Å². The molecule has 74 valence electrons. The molecule has 0 spiro atoms. The van der Waals surface area contributed by atoms with Crippen molar-refractivity contribution in [2.45, 2.75) is 19.3 Å². The van der Waals surface area contributed by atoms with Gasteiger partial charge in [-0.3, -0.25) is 0 Å². The predicted octanol–water partition coefficient (Wildman–Crippen LogP) is 3.40. The Balaban J connectivity index is 2.42. The van der Waals surface area contributed by atoms with Crippen LogP contribution < -0.4 is 4.74 Å². The summed E-state index contributed by atoms with van der Waals surface area (Å²) in [5.41, 5.74) is 1.81. The second-order valence-electron chi connectivity index (χ2n) is 3.44. The van der Waals surface area contributed by atoms with Crippen molar-refractivity contribution in [1.82, 2.24) is 0 Å². The molecule has 0 N–H and O–H groups in total.